The first-order valence-corrected chi connectivity index (χ1v) is 8.59. The summed E-state index contributed by atoms with van der Waals surface area (Å²) in [6.07, 6.45) is 0.954. The Labute approximate surface area is 157 Å². The second kappa shape index (κ2) is 8.68. The zero-order valence-corrected chi connectivity index (χ0v) is 16.4. The molecule has 2 rings (SSSR count). The van der Waals surface area contributed by atoms with Crippen molar-refractivity contribution >= 4 is 24.2 Å². The fourth-order valence-corrected chi connectivity index (χ4v) is 3.09. The van der Waals surface area contributed by atoms with Crippen molar-refractivity contribution in [1.29, 1.82) is 0 Å². The number of benzene rings is 1. The fourth-order valence-electron chi connectivity index (χ4n) is 3.09. The topological polar surface area (TPSA) is 66.6 Å². The molecule has 1 heterocycles. The second-order valence-electron chi connectivity index (χ2n) is 7.54. The van der Waals surface area contributed by atoms with Gasteiger partial charge in [-0.2, -0.15) is 0 Å². The number of rotatable bonds is 5. The van der Waals surface area contributed by atoms with Gasteiger partial charge >= 0.3 is 0 Å². The quantitative estimate of drug-likeness (QED) is 0.869. The number of hydrogen-bond acceptors (Lipinski definition) is 3. The summed E-state index contributed by atoms with van der Waals surface area (Å²) in [5.74, 6) is 0.168. The van der Waals surface area contributed by atoms with E-state index in [0.29, 0.717) is 18.7 Å². The molecule has 2 amide bonds. The maximum atomic E-state index is 12.6. The molecular formula is C19H30ClN3O2. The fraction of sp³-hybridized carbons (Fsp3) is 0.579. The lowest BCUT2D eigenvalue weighted by molar-refractivity contribution is -0.133. The average Bonchev–Trinajstić information content (AvgIpc) is 2.97. The van der Waals surface area contributed by atoms with Gasteiger partial charge in [-0.05, 0) is 36.1 Å². The predicted molar refractivity (Wildman–Crippen MR) is 103 cm³/mol. The number of halogens is 1. The normalized spacial score (nSPS) is 19.7. The average molecular weight is 368 g/mol. The molecule has 1 aliphatic rings. The van der Waals surface area contributed by atoms with Crippen molar-refractivity contribution in [2.45, 2.75) is 33.7 Å². The van der Waals surface area contributed by atoms with Crippen LogP contribution in [-0.4, -0.2) is 48.3 Å². The Morgan fingerprint density at radius 1 is 1.28 bits per heavy atom. The van der Waals surface area contributed by atoms with Crippen LogP contribution in [-0.2, 0) is 11.3 Å². The molecule has 0 bridgehead atoms. The van der Waals surface area contributed by atoms with Gasteiger partial charge < -0.3 is 15.5 Å². The molecule has 0 spiro atoms. The summed E-state index contributed by atoms with van der Waals surface area (Å²) in [6, 6.07) is 7.55. The van der Waals surface area contributed by atoms with Crippen molar-refractivity contribution in [2.75, 3.05) is 26.7 Å². The molecule has 25 heavy (non-hydrogen) atoms. The molecule has 0 radical (unpaired) electrons. The molecule has 140 valence electrons. The maximum absolute atomic E-state index is 12.6. The van der Waals surface area contributed by atoms with E-state index >= 15 is 0 Å². The predicted octanol–water partition coefficient (Wildman–Crippen LogP) is 2.53. The lowest BCUT2D eigenvalue weighted by Gasteiger charge is -2.23. The third-order valence-electron chi connectivity index (χ3n) is 4.83. The van der Waals surface area contributed by atoms with Crippen LogP contribution in [0.4, 0.5) is 0 Å². The number of nitrogens with zero attached hydrogens (tertiary/aromatic N) is 2. The first-order valence-electron chi connectivity index (χ1n) is 8.59. The number of amides is 2. The molecule has 1 aromatic rings. The lowest BCUT2D eigenvalue weighted by atomic mass is 9.90. The molecule has 6 heteroatoms. The number of carbonyl (C=O) groups excluding carboxylic acids is 2. The van der Waals surface area contributed by atoms with Crippen LogP contribution in [0.5, 0.6) is 0 Å². The van der Waals surface area contributed by atoms with Gasteiger partial charge in [0, 0.05) is 38.2 Å². The Hall–Kier alpha value is -1.59. The smallest absolute Gasteiger partial charge is 0.253 e. The molecule has 0 aromatic heterocycles. The monoisotopic (exact) mass is 367 g/mol. The van der Waals surface area contributed by atoms with Gasteiger partial charge in [-0.25, -0.2) is 0 Å². The van der Waals surface area contributed by atoms with Crippen molar-refractivity contribution in [1.82, 2.24) is 9.80 Å². The van der Waals surface area contributed by atoms with Crippen LogP contribution in [0.15, 0.2) is 24.3 Å². The molecule has 1 aliphatic heterocycles. The highest BCUT2D eigenvalue weighted by Gasteiger charge is 2.35. The Balaban J connectivity index is 0.00000312. The van der Waals surface area contributed by atoms with Gasteiger partial charge in [-0.1, -0.05) is 32.9 Å². The molecule has 5 nitrogen and oxygen atoms in total. The highest BCUT2D eigenvalue weighted by atomic mass is 35.5. The molecule has 0 saturated carbocycles. The summed E-state index contributed by atoms with van der Waals surface area (Å²) in [4.78, 5) is 28.1. The van der Waals surface area contributed by atoms with Gasteiger partial charge in [0.05, 0.1) is 0 Å². The third-order valence-corrected chi connectivity index (χ3v) is 4.83. The molecular weight excluding hydrogens is 338 g/mol. The molecule has 1 fully saturated rings. The summed E-state index contributed by atoms with van der Waals surface area (Å²) in [5, 5.41) is 0. The first-order chi connectivity index (χ1) is 11.3. The van der Waals surface area contributed by atoms with E-state index in [9.17, 15) is 9.59 Å². The number of carbonyl (C=O) groups is 2. The summed E-state index contributed by atoms with van der Waals surface area (Å²) < 4.78 is 0. The van der Waals surface area contributed by atoms with Gasteiger partial charge in [-0.3, -0.25) is 9.59 Å². The summed E-state index contributed by atoms with van der Waals surface area (Å²) >= 11 is 0. The number of likely N-dealkylation sites (tertiary alicyclic amines) is 1. The zero-order chi connectivity index (χ0) is 17.9. The second-order valence-corrected chi connectivity index (χ2v) is 7.54. The Kier molecular flexibility index (Phi) is 7.44. The van der Waals surface area contributed by atoms with E-state index in [4.69, 9.17) is 5.73 Å². The van der Waals surface area contributed by atoms with Crippen LogP contribution < -0.4 is 5.73 Å². The maximum Gasteiger partial charge on any atom is 0.253 e. The van der Waals surface area contributed by atoms with Crippen molar-refractivity contribution in [3.8, 4) is 0 Å². The highest BCUT2D eigenvalue weighted by Crippen LogP contribution is 2.29. The van der Waals surface area contributed by atoms with E-state index < -0.39 is 0 Å². The van der Waals surface area contributed by atoms with Crippen molar-refractivity contribution in [3.05, 3.63) is 35.4 Å². The van der Waals surface area contributed by atoms with Crippen LogP contribution in [0.1, 0.15) is 43.1 Å². The van der Waals surface area contributed by atoms with Gasteiger partial charge in [0.25, 0.3) is 5.91 Å². The van der Waals surface area contributed by atoms with Gasteiger partial charge in [-0.15, -0.1) is 12.4 Å². The van der Waals surface area contributed by atoms with E-state index in [2.05, 4.69) is 6.92 Å². The summed E-state index contributed by atoms with van der Waals surface area (Å²) in [7, 11) is 1.80. The molecule has 2 N–H and O–H groups in total. The molecule has 0 aliphatic carbocycles. The number of nitrogens with two attached hydrogens (primary N) is 1. The molecule has 1 aromatic carbocycles. The lowest BCUT2D eigenvalue weighted by Crippen LogP contribution is -2.34. The highest BCUT2D eigenvalue weighted by molar-refractivity contribution is 5.94. The minimum atomic E-state index is -0.0112. The molecule has 1 unspecified atom stereocenters. The van der Waals surface area contributed by atoms with Gasteiger partial charge in [0.15, 0.2) is 0 Å². The van der Waals surface area contributed by atoms with Crippen molar-refractivity contribution < 1.29 is 9.59 Å². The minimum absolute atomic E-state index is 0. The van der Waals surface area contributed by atoms with Crippen molar-refractivity contribution in [3.63, 3.8) is 0 Å². The Bertz CT molecular complexity index is 603. The standard InChI is InChI=1S/C19H29N3O2.ClH/c1-14(2)17(23)21(4)11-15-5-7-16(8-6-15)18(24)22-10-9-19(3,12-20)13-22;/h5-8,14H,9-13,20H2,1-4H3;1H. The molecule has 1 atom stereocenters. The Morgan fingerprint density at radius 3 is 2.36 bits per heavy atom. The van der Waals surface area contributed by atoms with E-state index in [-0.39, 0.29) is 35.6 Å². The van der Waals surface area contributed by atoms with Gasteiger partial charge in [0.2, 0.25) is 5.91 Å². The molecule has 1 saturated heterocycles. The van der Waals surface area contributed by atoms with Crippen LogP contribution >= 0.6 is 12.4 Å². The third kappa shape index (κ3) is 5.19. The van der Waals surface area contributed by atoms with E-state index in [1.54, 1.807) is 11.9 Å². The Morgan fingerprint density at radius 2 is 1.88 bits per heavy atom. The van der Waals surface area contributed by atoms with Crippen LogP contribution in [0.25, 0.3) is 0 Å². The van der Waals surface area contributed by atoms with Crippen LogP contribution in [0.3, 0.4) is 0 Å². The van der Waals surface area contributed by atoms with E-state index in [1.165, 1.54) is 0 Å². The number of hydrogen-bond donors (Lipinski definition) is 1. The minimum Gasteiger partial charge on any atom is -0.341 e. The van der Waals surface area contributed by atoms with Crippen molar-refractivity contribution in [2.24, 2.45) is 17.1 Å². The first kappa shape index (κ1) is 21.5. The van der Waals surface area contributed by atoms with E-state index in [1.807, 2.05) is 43.0 Å². The summed E-state index contributed by atoms with van der Waals surface area (Å²) in [6.45, 7) is 8.56. The zero-order valence-electron chi connectivity index (χ0n) is 15.6. The largest absolute Gasteiger partial charge is 0.341 e. The van der Waals surface area contributed by atoms with Crippen LogP contribution in [0, 0.1) is 11.3 Å². The SMILES string of the molecule is CC(C)C(=O)N(C)Cc1ccc(C(=O)N2CCC(C)(CN)C2)cc1.Cl. The van der Waals surface area contributed by atoms with Gasteiger partial charge in [0.1, 0.15) is 0 Å². The van der Waals surface area contributed by atoms with E-state index in [0.717, 1.165) is 25.1 Å². The summed E-state index contributed by atoms with van der Waals surface area (Å²) in [5.41, 5.74) is 7.56. The van der Waals surface area contributed by atoms with Crippen LogP contribution in [0.2, 0.25) is 0 Å².